The number of carboxylic acids is 3. The Morgan fingerprint density at radius 3 is 1.72 bits per heavy atom. The third kappa shape index (κ3) is 10.4. The second kappa shape index (κ2) is 15.2. The summed E-state index contributed by atoms with van der Waals surface area (Å²) in [5, 5.41) is 33.1. The second-order valence-electron chi connectivity index (χ2n) is 5.60. The average molecular weight is 488 g/mol. The third-order valence-electron chi connectivity index (χ3n) is 3.60. The van der Waals surface area contributed by atoms with Crippen LogP contribution >= 0.6 is 15.9 Å². The van der Waals surface area contributed by atoms with Gasteiger partial charge in [-0.25, -0.2) is 0 Å². The molecule has 2 rings (SSSR count). The molecule has 0 aliphatic carbocycles. The molecule has 0 amide bonds. The van der Waals surface area contributed by atoms with Crippen LogP contribution in [-0.2, 0) is 17.9 Å². The summed E-state index contributed by atoms with van der Waals surface area (Å²) in [5.74, 6) is -4.56. The Labute approximate surface area is 242 Å². The number of carboxylic acid groups (broad SMARTS) is 3. The van der Waals surface area contributed by atoms with E-state index in [0.29, 0.717) is 5.56 Å². The van der Waals surface area contributed by atoms with Crippen LogP contribution in [0.3, 0.4) is 0 Å². The maximum atomic E-state index is 11.1. The van der Waals surface area contributed by atoms with E-state index in [0.717, 1.165) is 22.2 Å². The van der Waals surface area contributed by atoms with Gasteiger partial charge in [-0.2, -0.15) is 0 Å². The molecule has 0 heterocycles. The summed E-state index contributed by atoms with van der Waals surface area (Å²) in [6, 6.07) is 10.9. The van der Waals surface area contributed by atoms with Gasteiger partial charge in [-0.3, -0.25) is 4.90 Å². The van der Waals surface area contributed by atoms with Crippen LogP contribution in [-0.4, -0.2) is 29.4 Å². The summed E-state index contributed by atoms with van der Waals surface area (Å²) in [6.07, 6.45) is 0. The van der Waals surface area contributed by atoms with Crippen LogP contribution < -0.4 is 104 Å². The van der Waals surface area contributed by atoms with E-state index in [-0.39, 0.29) is 108 Å². The van der Waals surface area contributed by atoms with Crippen LogP contribution in [0.15, 0.2) is 46.9 Å². The molecule has 0 fully saturated rings. The molecule has 0 bridgehead atoms. The fraction of sp³-hybridized carbons (Fsp3) is 0.167. The third-order valence-corrected chi connectivity index (χ3v) is 4.13. The van der Waals surface area contributed by atoms with Gasteiger partial charge >= 0.3 is 88.7 Å². The average Bonchev–Trinajstić information content (AvgIpc) is 2.56. The second-order valence-corrected chi connectivity index (χ2v) is 6.51. The van der Waals surface area contributed by atoms with Crippen LogP contribution in [0, 0.1) is 0 Å². The minimum absolute atomic E-state index is 0. The zero-order valence-corrected chi connectivity index (χ0v) is 24.0. The summed E-state index contributed by atoms with van der Waals surface area (Å²) in [7, 11) is 0. The number of benzene rings is 2. The molecule has 29 heavy (non-hydrogen) atoms. The molecule has 0 saturated heterocycles. The topological polar surface area (TPSA) is 124 Å². The van der Waals surface area contributed by atoms with Crippen LogP contribution in [0.2, 0.25) is 0 Å². The van der Waals surface area contributed by atoms with E-state index >= 15 is 0 Å². The van der Waals surface area contributed by atoms with Crippen molar-refractivity contribution in [2.24, 2.45) is 0 Å². The van der Waals surface area contributed by atoms with Gasteiger partial charge in [-0.15, -0.1) is 0 Å². The Balaban J connectivity index is 0. The molecule has 0 unspecified atom stereocenters. The summed E-state index contributed by atoms with van der Waals surface area (Å²) in [4.78, 5) is 34.7. The first kappa shape index (κ1) is 31.5. The quantitative estimate of drug-likeness (QED) is 0.338. The first-order chi connectivity index (χ1) is 12.3. The van der Waals surface area contributed by atoms with Crippen molar-refractivity contribution >= 4 is 33.8 Å². The molecule has 136 valence electrons. The van der Waals surface area contributed by atoms with Crippen molar-refractivity contribution in [1.29, 1.82) is 0 Å². The largest absolute Gasteiger partial charge is 1.00 e. The zero-order valence-electron chi connectivity index (χ0n) is 16.4. The molecule has 2 aromatic rings. The Morgan fingerprint density at radius 1 is 0.759 bits per heavy atom. The SMILES string of the molecule is O=C([O-])CN(Cc1ccc(Br)cc1)Cc1ccc(C(=O)[O-])c(C(=O)[O-])c1.[Na+].[Na+].[Na+]. The molecule has 0 atom stereocenters. The molecule has 0 spiro atoms. The smallest absolute Gasteiger partial charge is 0.549 e. The minimum atomic E-state index is -1.65. The van der Waals surface area contributed by atoms with E-state index in [2.05, 4.69) is 15.9 Å². The van der Waals surface area contributed by atoms with Gasteiger partial charge in [0.25, 0.3) is 0 Å². The fourth-order valence-electron chi connectivity index (χ4n) is 2.49. The van der Waals surface area contributed by atoms with Gasteiger partial charge in [0, 0.05) is 35.2 Å². The first-order valence-electron chi connectivity index (χ1n) is 7.48. The minimum Gasteiger partial charge on any atom is -0.549 e. The molecule has 2 aromatic carbocycles. The van der Waals surface area contributed by atoms with Crippen LogP contribution in [0.1, 0.15) is 31.8 Å². The molecule has 7 nitrogen and oxygen atoms in total. The Kier molecular flexibility index (Phi) is 16.4. The van der Waals surface area contributed by atoms with Gasteiger partial charge in [0.05, 0.1) is 17.9 Å². The van der Waals surface area contributed by atoms with Crippen molar-refractivity contribution < 1.29 is 118 Å². The van der Waals surface area contributed by atoms with E-state index in [9.17, 15) is 29.7 Å². The summed E-state index contributed by atoms with van der Waals surface area (Å²) < 4.78 is 0.879. The number of rotatable bonds is 8. The maximum Gasteiger partial charge on any atom is 1.00 e. The van der Waals surface area contributed by atoms with Crippen LogP contribution in [0.25, 0.3) is 0 Å². The monoisotopic (exact) mass is 487 g/mol. The zero-order chi connectivity index (χ0) is 19.3. The van der Waals surface area contributed by atoms with E-state index in [1.807, 2.05) is 24.3 Å². The number of aliphatic carboxylic acids is 1. The summed E-state index contributed by atoms with van der Waals surface area (Å²) >= 11 is 3.31. The number of aromatic carboxylic acids is 2. The molecule has 0 aliphatic rings. The normalized spacial score (nSPS) is 9.59. The molecule has 0 radical (unpaired) electrons. The number of hydrogen-bond donors (Lipinski definition) is 0. The van der Waals surface area contributed by atoms with Gasteiger partial charge in [-0.05, 0) is 29.3 Å². The fourth-order valence-corrected chi connectivity index (χ4v) is 2.76. The van der Waals surface area contributed by atoms with E-state index < -0.39 is 29.0 Å². The first-order valence-corrected chi connectivity index (χ1v) is 8.28. The Hall–Kier alpha value is 0.290. The number of hydrogen-bond acceptors (Lipinski definition) is 7. The molecule has 0 N–H and O–H groups in total. The standard InChI is InChI=1S/C18H16BrNO6.3Na/c19-13-4-1-11(2-5-13)8-20(10-16(21)22)9-12-3-6-14(17(23)24)15(7-12)18(25)26;;;/h1-7H,8-10H2,(H,21,22)(H,23,24)(H,25,26);;;/q;3*+1/p-3. The number of halogens is 1. The van der Waals surface area contributed by atoms with E-state index in [1.165, 1.54) is 11.0 Å². The molecule has 0 saturated carbocycles. The number of carbonyl (C=O) groups excluding carboxylic acids is 3. The van der Waals surface area contributed by atoms with Gasteiger partial charge in [0.15, 0.2) is 0 Å². The van der Waals surface area contributed by atoms with Gasteiger partial charge < -0.3 is 29.7 Å². The van der Waals surface area contributed by atoms with Gasteiger partial charge in [0.2, 0.25) is 0 Å². The molecular weight excluding hydrogens is 475 g/mol. The van der Waals surface area contributed by atoms with Crippen molar-refractivity contribution in [3.05, 3.63) is 69.2 Å². The maximum absolute atomic E-state index is 11.1. The van der Waals surface area contributed by atoms with Crippen molar-refractivity contribution in [3.63, 3.8) is 0 Å². The molecular formula is C18H13BrNNa3O6. The predicted molar refractivity (Wildman–Crippen MR) is 88.4 cm³/mol. The Morgan fingerprint density at radius 2 is 1.24 bits per heavy atom. The van der Waals surface area contributed by atoms with Crippen molar-refractivity contribution in [2.75, 3.05) is 6.54 Å². The predicted octanol–water partition coefficient (Wildman–Crippen LogP) is -10.1. The Bertz CT molecular complexity index is 848. The van der Waals surface area contributed by atoms with Crippen LogP contribution in [0.4, 0.5) is 0 Å². The summed E-state index contributed by atoms with van der Waals surface area (Å²) in [5.41, 5.74) is 0.265. The molecule has 0 aliphatic heterocycles. The summed E-state index contributed by atoms with van der Waals surface area (Å²) in [6.45, 7) is -0.0131. The number of nitrogens with zero attached hydrogens (tertiary/aromatic N) is 1. The van der Waals surface area contributed by atoms with Crippen molar-refractivity contribution in [3.8, 4) is 0 Å². The van der Waals surface area contributed by atoms with E-state index in [4.69, 9.17) is 0 Å². The van der Waals surface area contributed by atoms with Crippen molar-refractivity contribution in [2.45, 2.75) is 13.1 Å². The number of carbonyl (C=O) groups is 3. The van der Waals surface area contributed by atoms with E-state index in [1.54, 1.807) is 0 Å². The van der Waals surface area contributed by atoms with Gasteiger partial charge in [-0.1, -0.05) is 40.2 Å². The van der Waals surface area contributed by atoms with Gasteiger partial charge in [0.1, 0.15) is 0 Å². The van der Waals surface area contributed by atoms with Crippen LogP contribution in [0.5, 0.6) is 0 Å². The molecule has 0 aromatic heterocycles. The molecule has 11 heteroatoms. The van der Waals surface area contributed by atoms with Crippen molar-refractivity contribution in [1.82, 2.24) is 4.90 Å².